The van der Waals surface area contributed by atoms with Gasteiger partial charge in [-0.3, -0.25) is 4.90 Å². The second-order valence-electron chi connectivity index (χ2n) is 5.03. The fourth-order valence-electron chi connectivity index (χ4n) is 2.12. The van der Waals surface area contributed by atoms with Gasteiger partial charge in [-0.2, -0.15) is 0 Å². The third-order valence-corrected chi connectivity index (χ3v) is 3.70. The van der Waals surface area contributed by atoms with E-state index in [-0.39, 0.29) is 0 Å². The standard InChI is InChI=1S/C12H21ClN6/c1-17(2)3-4-18-5-7-19(8-6-18)12-10(13)11(14)15-9-16-12/h9H,3-8H2,1-2H3,(H2,14,15,16). The zero-order chi connectivity index (χ0) is 13.8. The molecule has 2 N–H and O–H groups in total. The number of halogens is 1. The zero-order valence-electron chi connectivity index (χ0n) is 11.5. The third kappa shape index (κ3) is 3.68. The van der Waals surface area contributed by atoms with Crippen molar-refractivity contribution in [1.82, 2.24) is 19.8 Å². The van der Waals surface area contributed by atoms with Crippen LogP contribution in [0.3, 0.4) is 0 Å². The van der Waals surface area contributed by atoms with Crippen LogP contribution < -0.4 is 10.6 Å². The minimum atomic E-state index is 0.349. The average Bonchev–Trinajstić information content (AvgIpc) is 2.40. The first-order valence-corrected chi connectivity index (χ1v) is 6.83. The van der Waals surface area contributed by atoms with E-state index in [9.17, 15) is 0 Å². The molecule has 1 fully saturated rings. The van der Waals surface area contributed by atoms with Crippen molar-refractivity contribution >= 4 is 23.2 Å². The van der Waals surface area contributed by atoms with E-state index in [4.69, 9.17) is 17.3 Å². The quantitative estimate of drug-likeness (QED) is 0.863. The molecule has 0 unspecified atom stereocenters. The summed E-state index contributed by atoms with van der Waals surface area (Å²) in [5.74, 6) is 1.10. The van der Waals surface area contributed by atoms with Crippen molar-refractivity contribution in [2.75, 3.05) is 64.0 Å². The molecule has 0 radical (unpaired) electrons. The summed E-state index contributed by atoms with van der Waals surface area (Å²) < 4.78 is 0. The summed E-state index contributed by atoms with van der Waals surface area (Å²) in [5.41, 5.74) is 5.71. The normalized spacial score (nSPS) is 17.2. The Morgan fingerprint density at radius 2 is 1.95 bits per heavy atom. The molecule has 0 saturated carbocycles. The molecule has 1 aliphatic rings. The molecule has 2 heterocycles. The molecule has 1 saturated heterocycles. The molecule has 0 aliphatic carbocycles. The van der Waals surface area contributed by atoms with Gasteiger partial charge in [-0.1, -0.05) is 11.6 Å². The maximum Gasteiger partial charge on any atom is 0.153 e. The van der Waals surface area contributed by atoms with Gasteiger partial charge in [0, 0.05) is 39.3 Å². The fourth-order valence-corrected chi connectivity index (χ4v) is 2.34. The second-order valence-corrected chi connectivity index (χ2v) is 5.41. The lowest BCUT2D eigenvalue weighted by Crippen LogP contribution is -2.48. The van der Waals surface area contributed by atoms with Crippen LogP contribution in [0.25, 0.3) is 0 Å². The minimum Gasteiger partial charge on any atom is -0.382 e. The molecule has 2 rings (SSSR count). The summed E-state index contributed by atoms with van der Waals surface area (Å²) in [6.07, 6.45) is 1.47. The molecule has 7 heteroatoms. The van der Waals surface area contributed by atoms with Gasteiger partial charge in [-0.05, 0) is 14.1 Å². The Bertz CT molecular complexity index is 417. The van der Waals surface area contributed by atoms with Crippen LogP contribution in [-0.2, 0) is 0 Å². The first kappa shape index (κ1) is 14.3. The van der Waals surface area contributed by atoms with E-state index in [2.05, 4.69) is 38.8 Å². The minimum absolute atomic E-state index is 0.349. The summed E-state index contributed by atoms with van der Waals surface area (Å²) >= 11 is 6.15. The highest BCUT2D eigenvalue weighted by atomic mass is 35.5. The molecule has 1 aromatic rings. The molecular formula is C12H21ClN6. The summed E-state index contributed by atoms with van der Waals surface area (Å²) in [7, 11) is 4.19. The number of hydrogen-bond acceptors (Lipinski definition) is 6. The molecule has 0 spiro atoms. The van der Waals surface area contributed by atoms with E-state index in [1.165, 1.54) is 6.33 Å². The lowest BCUT2D eigenvalue weighted by molar-refractivity contribution is 0.229. The molecule has 6 nitrogen and oxygen atoms in total. The Morgan fingerprint density at radius 1 is 1.26 bits per heavy atom. The molecule has 19 heavy (non-hydrogen) atoms. The Kier molecular flexibility index (Phi) is 4.79. The zero-order valence-corrected chi connectivity index (χ0v) is 12.3. The van der Waals surface area contributed by atoms with Crippen LogP contribution in [0, 0.1) is 0 Å². The van der Waals surface area contributed by atoms with Crippen molar-refractivity contribution in [2.24, 2.45) is 0 Å². The Hall–Kier alpha value is -1.11. The van der Waals surface area contributed by atoms with Gasteiger partial charge < -0.3 is 15.5 Å². The van der Waals surface area contributed by atoms with Gasteiger partial charge in [0.15, 0.2) is 5.82 Å². The largest absolute Gasteiger partial charge is 0.382 e. The highest BCUT2D eigenvalue weighted by molar-refractivity contribution is 6.35. The Labute approximate surface area is 119 Å². The smallest absolute Gasteiger partial charge is 0.153 e. The molecule has 0 atom stereocenters. The topological polar surface area (TPSA) is 61.5 Å². The summed E-state index contributed by atoms with van der Waals surface area (Å²) in [5, 5.41) is 0.462. The van der Waals surface area contributed by atoms with Crippen molar-refractivity contribution in [1.29, 1.82) is 0 Å². The van der Waals surface area contributed by atoms with Crippen LogP contribution in [0.2, 0.25) is 5.02 Å². The van der Waals surface area contributed by atoms with Crippen LogP contribution in [0.15, 0.2) is 6.33 Å². The van der Waals surface area contributed by atoms with Crippen molar-refractivity contribution < 1.29 is 0 Å². The molecule has 0 bridgehead atoms. The number of nitrogens with two attached hydrogens (primary N) is 1. The highest BCUT2D eigenvalue weighted by Gasteiger charge is 2.20. The van der Waals surface area contributed by atoms with E-state index in [0.717, 1.165) is 45.1 Å². The molecular weight excluding hydrogens is 264 g/mol. The Morgan fingerprint density at radius 3 is 2.58 bits per heavy atom. The van der Waals surface area contributed by atoms with Gasteiger partial charge in [0.1, 0.15) is 17.2 Å². The monoisotopic (exact) mass is 284 g/mol. The first-order chi connectivity index (χ1) is 9.08. The van der Waals surface area contributed by atoms with Crippen LogP contribution >= 0.6 is 11.6 Å². The molecule has 0 amide bonds. The van der Waals surface area contributed by atoms with Gasteiger partial charge in [-0.15, -0.1) is 0 Å². The van der Waals surface area contributed by atoms with E-state index >= 15 is 0 Å². The molecule has 1 aromatic heterocycles. The van der Waals surface area contributed by atoms with Gasteiger partial charge in [-0.25, -0.2) is 9.97 Å². The maximum atomic E-state index is 6.15. The summed E-state index contributed by atoms with van der Waals surface area (Å²) in [4.78, 5) is 15.0. The van der Waals surface area contributed by atoms with Gasteiger partial charge >= 0.3 is 0 Å². The predicted octanol–water partition coefficient (Wildman–Crippen LogP) is 0.396. The number of piperazine rings is 1. The molecule has 0 aromatic carbocycles. The molecule has 106 valence electrons. The number of likely N-dealkylation sites (N-methyl/N-ethyl adjacent to an activating group) is 1. The fraction of sp³-hybridized carbons (Fsp3) is 0.667. The van der Waals surface area contributed by atoms with E-state index in [0.29, 0.717) is 10.8 Å². The lowest BCUT2D eigenvalue weighted by Gasteiger charge is -2.36. The number of rotatable bonds is 4. The number of hydrogen-bond donors (Lipinski definition) is 1. The van der Waals surface area contributed by atoms with Gasteiger partial charge in [0.05, 0.1) is 0 Å². The van der Waals surface area contributed by atoms with E-state index in [1.54, 1.807) is 0 Å². The summed E-state index contributed by atoms with van der Waals surface area (Å²) in [6.45, 7) is 6.07. The van der Waals surface area contributed by atoms with Crippen LogP contribution in [0.4, 0.5) is 11.6 Å². The lowest BCUT2D eigenvalue weighted by atomic mass is 10.3. The number of anilines is 2. The van der Waals surface area contributed by atoms with Gasteiger partial charge in [0.2, 0.25) is 0 Å². The van der Waals surface area contributed by atoms with Crippen molar-refractivity contribution in [3.05, 3.63) is 11.3 Å². The van der Waals surface area contributed by atoms with E-state index in [1.807, 2.05) is 0 Å². The average molecular weight is 285 g/mol. The number of nitrogens with zero attached hydrogens (tertiary/aromatic N) is 5. The maximum absolute atomic E-state index is 6.15. The van der Waals surface area contributed by atoms with Gasteiger partial charge in [0.25, 0.3) is 0 Å². The number of nitrogen functional groups attached to an aromatic ring is 1. The van der Waals surface area contributed by atoms with Crippen molar-refractivity contribution in [2.45, 2.75) is 0 Å². The van der Waals surface area contributed by atoms with Crippen LogP contribution in [0.5, 0.6) is 0 Å². The second kappa shape index (κ2) is 6.36. The van der Waals surface area contributed by atoms with E-state index < -0.39 is 0 Å². The highest BCUT2D eigenvalue weighted by Crippen LogP contribution is 2.27. The third-order valence-electron chi connectivity index (χ3n) is 3.33. The van der Waals surface area contributed by atoms with Crippen molar-refractivity contribution in [3.8, 4) is 0 Å². The van der Waals surface area contributed by atoms with Crippen LogP contribution in [-0.4, -0.2) is 73.1 Å². The van der Waals surface area contributed by atoms with Crippen LogP contribution in [0.1, 0.15) is 0 Å². The molecule has 1 aliphatic heterocycles. The first-order valence-electron chi connectivity index (χ1n) is 6.46. The Balaban J connectivity index is 1.91. The predicted molar refractivity (Wildman–Crippen MR) is 78.7 cm³/mol. The SMILES string of the molecule is CN(C)CCN1CCN(c2ncnc(N)c2Cl)CC1. The number of aromatic nitrogens is 2. The van der Waals surface area contributed by atoms with Crippen molar-refractivity contribution in [3.63, 3.8) is 0 Å². The summed E-state index contributed by atoms with van der Waals surface area (Å²) in [6, 6.07) is 0.